The normalized spacial score (nSPS) is 14.2. The third-order valence-corrected chi connectivity index (χ3v) is 4.82. The molecule has 0 aromatic heterocycles. The van der Waals surface area contributed by atoms with E-state index in [1.807, 2.05) is 12.1 Å². The standard InChI is InChI=1S/C21H23NO4/c1-26-16-9-4-8-15(12-16)19(13-20(23)24)22-21(25)18-11-5-7-14-6-2-3-10-17(14)18/h4-5,7-9,11-12,19H,2-3,6,10,13H2,1H3,(H,22,25)(H,23,24). The molecule has 1 aliphatic rings. The minimum absolute atomic E-state index is 0.187. The van der Waals surface area contributed by atoms with Crippen molar-refractivity contribution in [2.45, 2.75) is 38.1 Å². The lowest BCUT2D eigenvalue weighted by Crippen LogP contribution is -2.31. The fraction of sp³-hybridized carbons (Fsp3) is 0.333. The van der Waals surface area contributed by atoms with Crippen LogP contribution in [0.2, 0.25) is 0 Å². The molecule has 5 nitrogen and oxygen atoms in total. The second kappa shape index (κ2) is 8.04. The maximum atomic E-state index is 12.9. The summed E-state index contributed by atoms with van der Waals surface area (Å²) in [5.74, 6) is -0.560. The topological polar surface area (TPSA) is 75.6 Å². The zero-order valence-electron chi connectivity index (χ0n) is 14.8. The predicted molar refractivity (Wildman–Crippen MR) is 98.5 cm³/mol. The molecule has 0 saturated carbocycles. The fourth-order valence-electron chi connectivity index (χ4n) is 3.52. The maximum Gasteiger partial charge on any atom is 0.305 e. The number of aryl methyl sites for hydroxylation is 1. The summed E-state index contributed by atoms with van der Waals surface area (Å²) in [6.07, 6.45) is 3.91. The first kappa shape index (κ1) is 18.0. The van der Waals surface area contributed by atoms with Crippen molar-refractivity contribution in [3.8, 4) is 5.75 Å². The van der Waals surface area contributed by atoms with Crippen molar-refractivity contribution in [2.75, 3.05) is 7.11 Å². The Morgan fingerprint density at radius 2 is 1.92 bits per heavy atom. The molecule has 2 aromatic rings. The molecule has 5 heteroatoms. The summed E-state index contributed by atoms with van der Waals surface area (Å²) in [5.41, 5.74) is 3.68. The monoisotopic (exact) mass is 353 g/mol. The Balaban J connectivity index is 1.87. The first-order valence-corrected chi connectivity index (χ1v) is 8.86. The highest BCUT2D eigenvalue weighted by atomic mass is 16.5. The van der Waals surface area contributed by atoms with E-state index in [0.717, 1.165) is 31.2 Å². The second-order valence-electron chi connectivity index (χ2n) is 6.55. The minimum atomic E-state index is -0.965. The van der Waals surface area contributed by atoms with Gasteiger partial charge in [0.05, 0.1) is 19.6 Å². The van der Waals surface area contributed by atoms with E-state index in [9.17, 15) is 14.7 Å². The van der Waals surface area contributed by atoms with Gasteiger partial charge in [0.1, 0.15) is 5.75 Å². The van der Waals surface area contributed by atoms with Crippen molar-refractivity contribution >= 4 is 11.9 Å². The van der Waals surface area contributed by atoms with Gasteiger partial charge in [0.15, 0.2) is 0 Å². The Morgan fingerprint density at radius 1 is 1.15 bits per heavy atom. The van der Waals surface area contributed by atoms with Gasteiger partial charge in [-0.05, 0) is 60.6 Å². The smallest absolute Gasteiger partial charge is 0.305 e. The van der Waals surface area contributed by atoms with E-state index < -0.39 is 12.0 Å². The Labute approximate surface area is 153 Å². The molecule has 0 spiro atoms. The van der Waals surface area contributed by atoms with E-state index in [2.05, 4.69) is 11.4 Å². The van der Waals surface area contributed by atoms with Crippen LogP contribution in [0.5, 0.6) is 5.75 Å². The molecule has 0 bridgehead atoms. The molecule has 26 heavy (non-hydrogen) atoms. The minimum Gasteiger partial charge on any atom is -0.497 e. The van der Waals surface area contributed by atoms with Crippen LogP contribution < -0.4 is 10.1 Å². The Bertz CT molecular complexity index is 815. The highest BCUT2D eigenvalue weighted by Gasteiger charge is 2.22. The number of benzene rings is 2. The van der Waals surface area contributed by atoms with Crippen molar-refractivity contribution in [3.05, 3.63) is 64.7 Å². The quantitative estimate of drug-likeness (QED) is 0.833. The Hall–Kier alpha value is -2.82. The second-order valence-corrected chi connectivity index (χ2v) is 6.55. The molecule has 2 N–H and O–H groups in total. The van der Waals surface area contributed by atoms with Gasteiger partial charge in [-0.15, -0.1) is 0 Å². The molecule has 0 heterocycles. The lowest BCUT2D eigenvalue weighted by Gasteiger charge is -2.22. The van der Waals surface area contributed by atoms with Crippen molar-refractivity contribution < 1.29 is 19.4 Å². The fourth-order valence-corrected chi connectivity index (χ4v) is 3.52. The summed E-state index contributed by atoms with van der Waals surface area (Å²) in [4.78, 5) is 24.2. The van der Waals surface area contributed by atoms with E-state index in [1.54, 1.807) is 31.4 Å². The summed E-state index contributed by atoms with van der Waals surface area (Å²) >= 11 is 0. The summed E-state index contributed by atoms with van der Waals surface area (Å²) in [7, 11) is 1.56. The van der Waals surface area contributed by atoms with Gasteiger partial charge < -0.3 is 15.2 Å². The van der Waals surface area contributed by atoms with Crippen molar-refractivity contribution in [1.29, 1.82) is 0 Å². The van der Waals surface area contributed by atoms with Gasteiger partial charge in [0.25, 0.3) is 5.91 Å². The molecule has 0 radical (unpaired) electrons. The molecule has 0 aliphatic heterocycles. The van der Waals surface area contributed by atoms with E-state index in [-0.39, 0.29) is 12.3 Å². The highest BCUT2D eigenvalue weighted by Crippen LogP contribution is 2.26. The third-order valence-electron chi connectivity index (χ3n) is 4.82. The SMILES string of the molecule is COc1cccc(C(CC(=O)O)NC(=O)c2cccc3c2CCCC3)c1. The maximum absolute atomic E-state index is 12.9. The molecule has 1 amide bonds. The number of carbonyl (C=O) groups is 2. The molecule has 136 valence electrons. The zero-order valence-corrected chi connectivity index (χ0v) is 14.8. The number of carboxylic acid groups (broad SMARTS) is 1. The molecule has 0 fully saturated rings. The number of aliphatic carboxylic acids is 1. The first-order valence-electron chi connectivity index (χ1n) is 8.86. The van der Waals surface area contributed by atoms with Gasteiger partial charge in [-0.25, -0.2) is 0 Å². The van der Waals surface area contributed by atoms with E-state index >= 15 is 0 Å². The van der Waals surface area contributed by atoms with Gasteiger partial charge in [0.2, 0.25) is 0 Å². The lowest BCUT2D eigenvalue weighted by atomic mass is 9.88. The average Bonchev–Trinajstić information content (AvgIpc) is 2.66. The van der Waals surface area contributed by atoms with Crippen molar-refractivity contribution in [3.63, 3.8) is 0 Å². The number of hydrogen-bond donors (Lipinski definition) is 2. The van der Waals surface area contributed by atoms with Crippen LogP contribution in [0.4, 0.5) is 0 Å². The molecule has 2 aromatic carbocycles. The van der Waals surface area contributed by atoms with Crippen LogP contribution in [-0.2, 0) is 17.6 Å². The largest absolute Gasteiger partial charge is 0.497 e. The number of amides is 1. The van der Waals surface area contributed by atoms with Crippen LogP contribution in [0.25, 0.3) is 0 Å². The summed E-state index contributed by atoms with van der Waals surface area (Å²) in [6.45, 7) is 0. The van der Waals surface area contributed by atoms with Crippen LogP contribution in [0, 0.1) is 0 Å². The molecule has 1 unspecified atom stereocenters. The van der Waals surface area contributed by atoms with Crippen LogP contribution in [-0.4, -0.2) is 24.1 Å². The van der Waals surface area contributed by atoms with Crippen molar-refractivity contribution in [1.82, 2.24) is 5.32 Å². The van der Waals surface area contributed by atoms with Crippen LogP contribution in [0.3, 0.4) is 0 Å². The number of carbonyl (C=O) groups excluding carboxylic acids is 1. The number of methoxy groups -OCH3 is 1. The summed E-state index contributed by atoms with van der Waals surface area (Å²) in [6, 6.07) is 12.3. The predicted octanol–water partition coefficient (Wildman–Crippen LogP) is 3.52. The highest BCUT2D eigenvalue weighted by molar-refractivity contribution is 5.96. The van der Waals surface area contributed by atoms with Crippen LogP contribution in [0.15, 0.2) is 42.5 Å². The molecular formula is C21H23NO4. The molecular weight excluding hydrogens is 330 g/mol. The molecule has 1 atom stereocenters. The summed E-state index contributed by atoms with van der Waals surface area (Å²) in [5, 5.41) is 12.2. The first-order chi connectivity index (χ1) is 12.6. The van der Waals surface area contributed by atoms with Crippen molar-refractivity contribution in [2.24, 2.45) is 0 Å². The number of fused-ring (bicyclic) bond motifs is 1. The van der Waals surface area contributed by atoms with Gasteiger partial charge in [-0.1, -0.05) is 24.3 Å². The van der Waals surface area contributed by atoms with Gasteiger partial charge in [-0.3, -0.25) is 9.59 Å². The van der Waals surface area contributed by atoms with Gasteiger partial charge in [-0.2, -0.15) is 0 Å². The van der Waals surface area contributed by atoms with E-state index in [0.29, 0.717) is 16.9 Å². The summed E-state index contributed by atoms with van der Waals surface area (Å²) < 4.78 is 5.21. The lowest BCUT2D eigenvalue weighted by molar-refractivity contribution is -0.137. The van der Waals surface area contributed by atoms with Crippen LogP contribution >= 0.6 is 0 Å². The molecule has 1 aliphatic carbocycles. The van der Waals surface area contributed by atoms with Gasteiger partial charge in [0, 0.05) is 5.56 Å². The van der Waals surface area contributed by atoms with E-state index in [4.69, 9.17) is 4.74 Å². The van der Waals surface area contributed by atoms with E-state index in [1.165, 1.54) is 5.56 Å². The van der Waals surface area contributed by atoms with Gasteiger partial charge >= 0.3 is 5.97 Å². The number of carboxylic acids is 1. The van der Waals surface area contributed by atoms with Crippen LogP contribution in [0.1, 0.15) is 52.4 Å². The average molecular weight is 353 g/mol. The number of hydrogen-bond acceptors (Lipinski definition) is 3. The number of ether oxygens (including phenoxy) is 1. The number of nitrogens with one attached hydrogen (secondary N) is 1. The molecule has 3 rings (SSSR count). The molecule has 0 saturated heterocycles. The Morgan fingerprint density at radius 3 is 2.69 bits per heavy atom. The number of rotatable bonds is 6. The third kappa shape index (κ3) is 4.04. The Kier molecular flexibility index (Phi) is 5.56. The zero-order chi connectivity index (χ0) is 18.5.